The Balaban J connectivity index is 2.44. The van der Waals surface area contributed by atoms with Gasteiger partial charge in [-0.05, 0) is 17.7 Å². The molecule has 0 spiro atoms. The summed E-state index contributed by atoms with van der Waals surface area (Å²) in [6.07, 6.45) is 0. The van der Waals surface area contributed by atoms with Crippen LogP contribution in [-0.4, -0.2) is 44.1 Å². The van der Waals surface area contributed by atoms with Crippen LogP contribution in [0.5, 0.6) is 0 Å². The minimum Gasteiger partial charge on any atom is -0.392 e. The number of aliphatic hydroxyl groups excluding tert-OH is 1. The molecule has 0 bridgehead atoms. The molecular weight excluding hydrogens is 313 g/mol. The summed E-state index contributed by atoms with van der Waals surface area (Å²) in [5.74, 6) is 0. The van der Waals surface area contributed by atoms with Crippen LogP contribution in [0.3, 0.4) is 0 Å². The van der Waals surface area contributed by atoms with Crippen molar-refractivity contribution in [1.29, 1.82) is 0 Å². The number of ether oxygens (including phenoxy) is 1. The molecular formula is C11H13Cl2NO4S. The summed E-state index contributed by atoms with van der Waals surface area (Å²) >= 11 is 11.8. The second-order valence-corrected chi connectivity index (χ2v) is 6.77. The van der Waals surface area contributed by atoms with E-state index in [1.165, 1.54) is 16.4 Å². The monoisotopic (exact) mass is 325 g/mol. The Hall–Kier alpha value is -0.370. The second-order valence-electron chi connectivity index (χ2n) is 4.05. The highest BCUT2D eigenvalue weighted by Crippen LogP contribution is 2.30. The number of sulfonamides is 1. The van der Waals surface area contributed by atoms with E-state index in [1.54, 1.807) is 0 Å². The largest absolute Gasteiger partial charge is 0.392 e. The lowest BCUT2D eigenvalue weighted by molar-refractivity contribution is 0.0730. The van der Waals surface area contributed by atoms with Gasteiger partial charge in [-0.15, -0.1) is 0 Å². The molecule has 1 N–H and O–H groups in total. The van der Waals surface area contributed by atoms with E-state index in [-0.39, 0.29) is 34.6 Å². The molecule has 0 aromatic heterocycles. The summed E-state index contributed by atoms with van der Waals surface area (Å²) in [4.78, 5) is -0.0375. The van der Waals surface area contributed by atoms with Crippen molar-refractivity contribution in [2.75, 3.05) is 26.3 Å². The smallest absolute Gasteiger partial charge is 0.244 e. The molecule has 19 heavy (non-hydrogen) atoms. The van der Waals surface area contributed by atoms with Crippen LogP contribution < -0.4 is 0 Å². The Kier molecular flexibility index (Phi) is 4.70. The average Bonchev–Trinajstić information content (AvgIpc) is 2.39. The van der Waals surface area contributed by atoms with Crippen molar-refractivity contribution in [1.82, 2.24) is 4.31 Å². The van der Waals surface area contributed by atoms with Gasteiger partial charge in [0.1, 0.15) is 4.90 Å². The number of morpholine rings is 1. The van der Waals surface area contributed by atoms with Gasteiger partial charge >= 0.3 is 0 Å². The predicted octanol–water partition coefficient (Wildman–Crippen LogP) is 1.51. The summed E-state index contributed by atoms with van der Waals surface area (Å²) in [7, 11) is -3.69. The molecule has 2 rings (SSSR count). The molecule has 1 aromatic carbocycles. The molecule has 1 heterocycles. The zero-order valence-electron chi connectivity index (χ0n) is 9.97. The van der Waals surface area contributed by atoms with Crippen LogP contribution in [0.4, 0.5) is 0 Å². The van der Waals surface area contributed by atoms with Gasteiger partial charge in [0.05, 0.1) is 24.8 Å². The quantitative estimate of drug-likeness (QED) is 0.914. The molecule has 0 unspecified atom stereocenters. The summed E-state index contributed by atoms with van der Waals surface area (Å²) < 4.78 is 31.3. The fourth-order valence-corrected chi connectivity index (χ4v) is 4.06. The van der Waals surface area contributed by atoms with Crippen LogP contribution in [-0.2, 0) is 21.4 Å². The lowest BCUT2D eigenvalue weighted by atomic mass is 10.2. The lowest BCUT2D eigenvalue weighted by Gasteiger charge is -2.26. The number of rotatable bonds is 3. The first kappa shape index (κ1) is 15.0. The maximum absolute atomic E-state index is 12.4. The van der Waals surface area contributed by atoms with Crippen molar-refractivity contribution in [3.63, 3.8) is 0 Å². The molecule has 1 aliphatic heterocycles. The summed E-state index contributed by atoms with van der Waals surface area (Å²) in [5, 5.41) is 9.45. The molecule has 0 amide bonds. The van der Waals surface area contributed by atoms with Crippen LogP contribution in [0, 0.1) is 0 Å². The molecule has 5 nitrogen and oxygen atoms in total. The summed E-state index contributed by atoms with van der Waals surface area (Å²) in [6, 6.07) is 2.65. The minimum absolute atomic E-state index is 0.0375. The molecule has 0 atom stereocenters. The molecule has 0 saturated carbocycles. The van der Waals surface area contributed by atoms with Crippen molar-refractivity contribution in [2.24, 2.45) is 0 Å². The Labute approximate surface area is 121 Å². The number of hydrogen-bond acceptors (Lipinski definition) is 4. The van der Waals surface area contributed by atoms with Crippen molar-refractivity contribution in [3.05, 3.63) is 27.7 Å². The topological polar surface area (TPSA) is 66.8 Å². The van der Waals surface area contributed by atoms with Gasteiger partial charge < -0.3 is 9.84 Å². The highest BCUT2D eigenvalue weighted by Gasteiger charge is 2.29. The third-order valence-corrected chi connectivity index (χ3v) is 5.57. The van der Waals surface area contributed by atoms with Crippen LogP contribution in [0.15, 0.2) is 17.0 Å². The predicted molar refractivity (Wildman–Crippen MR) is 72.0 cm³/mol. The Morgan fingerprint density at radius 3 is 2.42 bits per heavy atom. The normalized spacial score (nSPS) is 17.6. The van der Waals surface area contributed by atoms with Gasteiger partial charge in [-0.1, -0.05) is 23.2 Å². The van der Waals surface area contributed by atoms with E-state index in [2.05, 4.69) is 0 Å². The molecule has 1 fully saturated rings. The van der Waals surface area contributed by atoms with E-state index in [0.29, 0.717) is 18.8 Å². The number of halogens is 2. The van der Waals surface area contributed by atoms with Gasteiger partial charge in [0.2, 0.25) is 10.0 Å². The third kappa shape index (κ3) is 3.04. The van der Waals surface area contributed by atoms with E-state index >= 15 is 0 Å². The van der Waals surface area contributed by atoms with Gasteiger partial charge in [-0.3, -0.25) is 0 Å². The first-order valence-corrected chi connectivity index (χ1v) is 7.83. The van der Waals surface area contributed by atoms with Gasteiger partial charge in [-0.25, -0.2) is 8.42 Å². The molecule has 106 valence electrons. The third-order valence-electron chi connectivity index (χ3n) is 2.86. The Morgan fingerprint density at radius 1 is 1.21 bits per heavy atom. The van der Waals surface area contributed by atoms with Crippen molar-refractivity contribution in [2.45, 2.75) is 11.5 Å². The number of aliphatic hydroxyl groups is 1. The number of hydrogen-bond donors (Lipinski definition) is 1. The highest BCUT2D eigenvalue weighted by atomic mass is 35.5. The molecule has 0 aliphatic carbocycles. The van der Waals surface area contributed by atoms with E-state index in [1.807, 2.05) is 0 Å². The lowest BCUT2D eigenvalue weighted by Crippen LogP contribution is -2.40. The van der Waals surface area contributed by atoms with Crippen LogP contribution in [0.1, 0.15) is 5.56 Å². The fourth-order valence-electron chi connectivity index (χ4n) is 1.82. The second kappa shape index (κ2) is 5.95. The fraction of sp³-hybridized carbons (Fsp3) is 0.455. The molecule has 0 radical (unpaired) electrons. The van der Waals surface area contributed by atoms with Gasteiger partial charge in [-0.2, -0.15) is 4.31 Å². The van der Waals surface area contributed by atoms with Crippen LogP contribution in [0.25, 0.3) is 0 Å². The van der Waals surface area contributed by atoms with Crippen LogP contribution >= 0.6 is 23.2 Å². The highest BCUT2D eigenvalue weighted by molar-refractivity contribution is 7.89. The van der Waals surface area contributed by atoms with E-state index in [4.69, 9.17) is 33.0 Å². The average molecular weight is 326 g/mol. The van der Waals surface area contributed by atoms with E-state index in [0.717, 1.165) is 0 Å². The molecule has 8 heteroatoms. The Bertz CT molecular complexity index is 570. The first-order chi connectivity index (χ1) is 8.96. The molecule has 1 saturated heterocycles. The standard InChI is InChI=1S/C11H13Cl2NO4S/c12-9-6-10(13)11(5-8(9)7-15)19(16,17)14-1-3-18-4-2-14/h5-6,15H,1-4,7H2. The number of benzene rings is 1. The van der Waals surface area contributed by atoms with E-state index < -0.39 is 10.0 Å². The maximum Gasteiger partial charge on any atom is 0.244 e. The number of nitrogens with zero attached hydrogens (tertiary/aromatic N) is 1. The molecule has 1 aliphatic rings. The van der Waals surface area contributed by atoms with Gasteiger partial charge in [0.25, 0.3) is 0 Å². The summed E-state index contributed by atoms with van der Waals surface area (Å²) in [5.41, 5.74) is 0.331. The zero-order chi connectivity index (χ0) is 14.0. The SMILES string of the molecule is O=S(=O)(c1cc(CO)c(Cl)cc1Cl)N1CCOCC1. The molecule has 1 aromatic rings. The maximum atomic E-state index is 12.4. The van der Waals surface area contributed by atoms with Crippen LogP contribution in [0.2, 0.25) is 10.0 Å². The first-order valence-electron chi connectivity index (χ1n) is 5.63. The van der Waals surface area contributed by atoms with Gasteiger partial charge in [0, 0.05) is 18.1 Å². The van der Waals surface area contributed by atoms with Crippen molar-refractivity contribution >= 4 is 33.2 Å². The van der Waals surface area contributed by atoms with E-state index in [9.17, 15) is 8.42 Å². The van der Waals surface area contributed by atoms with Crippen molar-refractivity contribution in [3.8, 4) is 0 Å². The van der Waals surface area contributed by atoms with Crippen molar-refractivity contribution < 1.29 is 18.3 Å². The van der Waals surface area contributed by atoms with Gasteiger partial charge in [0.15, 0.2) is 0 Å². The summed E-state index contributed by atoms with van der Waals surface area (Å²) in [6.45, 7) is 0.946. The zero-order valence-corrected chi connectivity index (χ0v) is 12.3. The Morgan fingerprint density at radius 2 is 1.84 bits per heavy atom. The minimum atomic E-state index is -3.69.